The molecule has 7 nitrogen and oxygen atoms in total. The molecule has 0 atom stereocenters. The first kappa shape index (κ1) is 19.4. The van der Waals surface area contributed by atoms with Gasteiger partial charge in [-0.1, -0.05) is 29.8 Å². The third-order valence-corrected chi connectivity index (χ3v) is 4.33. The van der Waals surface area contributed by atoms with Crippen LogP contribution in [0.3, 0.4) is 0 Å². The van der Waals surface area contributed by atoms with E-state index in [-0.39, 0.29) is 11.6 Å². The standard InChI is InChI=1S/C20H19ClN4O3/c1-27-14-7-8-16(18(11-14)28-2)23-19-10-9-17(24-25-19)20(26)22-12-13-5-3-4-6-15(13)21/h3-11H,12H2,1-2H3,(H,22,26)(H,23,25). The van der Waals surface area contributed by atoms with Crippen molar-refractivity contribution in [2.24, 2.45) is 0 Å². The smallest absolute Gasteiger partial charge is 0.272 e. The Morgan fingerprint density at radius 3 is 2.54 bits per heavy atom. The molecule has 2 aromatic carbocycles. The molecule has 3 aromatic rings. The maximum absolute atomic E-state index is 12.3. The van der Waals surface area contributed by atoms with Crippen LogP contribution in [0.4, 0.5) is 11.5 Å². The third-order valence-electron chi connectivity index (χ3n) is 3.97. The largest absolute Gasteiger partial charge is 0.497 e. The number of hydrogen-bond donors (Lipinski definition) is 2. The SMILES string of the molecule is COc1ccc(Nc2ccc(C(=O)NCc3ccccc3Cl)nn2)c(OC)c1. The van der Waals surface area contributed by atoms with Crippen molar-refractivity contribution in [3.63, 3.8) is 0 Å². The predicted molar refractivity (Wildman–Crippen MR) is 107 cm³/mol. The van der Waals surface area contributed by atoms with Crippen molar-refractivity contribution >= 4 is 29.0 Å². The van der Waals surface area contributed by atoms with Gasteiger partial charge in [0.2, 0.25) is 0 Å². The van der Waals surface area contributed by atoms with Crippen LogP contribution in [0.15, 0.2) is 54.6 Å². The molecule has 0 bridgehead atoms. The fourth-order valence-corrected chi connectivity index (χ4v) is 2.67. The Labute approximate surface area is 167 Å². The molecule has 1 amide bonds. The van der Waals surface area contributed by atoms with Gasteiger partial charge in [-0.25, -0.2) is 0 Å². The number of nitrogens with one attached hydrogen (secondary N) is 2. The van der Waals surface area contributed by atoms with E-state index in [9.17, 15) is 4.79 Å². The van der Waals surface area contributed by atoms with Gasteiger partial charge in [-0.05, 0) is 35.9 Å². The van der Waals surface area contributed by atoms with Crippen molar-refractivity contribution in [1.29, 1.82) is 0 Å². The molecule has 0 fully saturated rings. The highest BCUT2D eigenvalue weighted by Crippen LogP contribution is 2.30. The van der Waals surface area contributed by atoms with Crippen molar-refractivity contribution in [3.05, 3.63) is 70.9 Å². The number of carbonyl (C=O) groups excluding carboxylic acids is 1. The summed E-state index contributed by atoms with van der Waals surface area (Å²) in [6, 6.07) is 15.9. The van der Waals surface area contributed by atoms with E-state index in [0.717, 1.165) is 5.56 Å². The molecule has 0 aliphatic heterocycles. The Kier molecular flexibility index (Phi) is 6.29. The summed E-state index contributed by atoms with van der Waals surface area (Å²) in [6.07, 6.45) is 0. The molecule has 28 heavy (non-hydrogen) atoms. The number of benzene rings is 2. The number of rotatable bonds is 7. The van der Waals surface area contributed by atoms with Gasteiger partial charge in [0, 0.05) is 17.6 Å². The molecule has 8 heteroatoms. The number of amides is 1. The van der Waals surface area contributed by atoms with Gasteiger partial charge in [-0.3, -0.25) is 4.79 Å². The molecule has 144 valence electrons. The Bertz CT molecular complexity index is 964. The summed E-state index contributed by atoms with van der Waals surface area (Å²) in [4.78, 5) is 12.3. The van der Waals surface area contributed by atoms with E-state index in [2.05, 4.69) is 20.8 Å². The van der Waals surface area contributed by atoms with Crippen molar-refractivity contribution in [2.75, 3.05) is 19.5 Å². The zero-order chi connectivity index (χ0) is 19.9. The highest BCUT2D eigenvalue weighted by atomic mass is 35.5. The molecule has 1 heterocycles. The summed E-state index contributed by atoms with van der Waals surface area (Å²) in [7, 11) is 3.15. The maximum atomic E-state index is 12.3. The summed E-state index contributed by atoms with van der Waals surface area (Å²) < 4.78 is 10.5. The van der Waals surface area contributed by atoms with E-state index >= 15 is 0 Å². The summed E-state index contributed by atoms with van der Waals surface area (Å²) >= 11 is 6.09. The number of aromatic nitrogens is 2. The average molecular weight is 399 g/mol. The van der Waals surface area contributed by atoms with Gasteiger partial charge in [0.25, 0.3) is 5.91 Å². The number of hydrogen-bond acceptors (Lipinski definition) is 6. The maximum Gasteiger partial charge on any atom is 0.272 e. The van der Waals surface area contributed by atoms with E-state index in [1.54, 1.807) is 44.6 Å². The number of methoxy groups -OCH3 is 2. The molecule has 3 rings (SSSR count). The minimum Gasteiger partial charge on any atom is -0.497 e. The first-order valence-electron chi connectivity index (χ1n) is 8.45. The van der Waals surface area contributed by atoms with Crippen molar-refractivity contribution in [3.8, 4) is 11.5 Å². The minimum atomic E-state index is -0.332. The number of nitrogens with zero attached hydrogens (tertiary/aromatic N) is 2. The summed E-state index contributed by atoms with van der Waals surface area (Å²) in [5.41, 5.74) is 1.74. The van der Waals surface area contributed by atoms with E-state index in [4.69, 9.17) is 21.1 Å². The van der Waals surface area contributed by atoms with Crippen LogP contribution in [0.2, 0.25) is 5.02 Å². The molecule has 0 saturated heterocycles. The average Bonchev–Trinajstić information content (AvgIpc) is 2.73. The van der Waals surface area contributed by atoms with Crippen LogP contribution in [0.1, 0.15) is 16.1 Å². The number of carbonyl (C=O) groups is 1. The highest BCUT2D eigenvalue weighted by molar-refractivity contribution is 6.31. The van der Waals surface area contributed by atoms with Gasteiger partial charge in [-0.2, -0.15) is 0 Å². The molecule has 1 aromatic heterocycles. The Balaban J connectivity index is 1.65. The lowest BCUT2D eigenvalue weighted by Gasteiger charge is -2.12. The molecular weight excluding hydrogens is 380 g/mol. The molecule has 0 unspecified atom stereocenters. The van der Waals surface area contributed by atoms with Crippen LogP contribution < -0.4 is 20.1 Å². The van der Waals surface area contributed by atoms with Crippen LogP contribution in [0.5, 0.6) is 11.5 Å². The van der Waals surface area contributed by atoms with Crippen LogP contribution in [0.25, 0.3) is 0 Å². The molecule has 2 N–H and O–H groups in total. The van der Waals surface area contributed by atoms with Crippen LogP contribution >= 0.6 is 11.6 Å². The zero-order valence-corrected chi connectivity index (χ0v) is 16.2. The molecule has 0 radical (unpaired) electrons. The molecule has 0 aliphatic carbocycles. The fourth-order valence-electron chi connectivity index (χ4n) is 2.47. The van der Waals surface area contributed by atoms with Gasteiger partial charge in [0.05, 0.1) is 19.9 Å². The number of halogens is 1. The summed E-state index contributed by atoms with van der Waals surface area (Å²) in [5.74, 6) is 1.42. The Morgan fingerprint density at radius 1 is 1.04 bits per heavy atom. The van der Waals surface area contributed by atoms with Crippen LogP contribution in [0, 0.1) is 0 Å². The van der Waals surface area contributed by atoms with Gasteiger partial charge in [0.15, 0.2) is 11.5 Å². The normalized spacial score (nSPS) is 10.2. The highest BCUT2D eigenvalue weighted by Gasteiger charge is 2.10. The molecule has 0 saturated carbocycles. The minimum absolute atomic E-state index is 0.208. The van der Waals surface area contributed by atoms with E-state index < -0.39 is 0 Å². The number of ether oxygens (including phenoxy) is 2. The number of anilines is 2. The topological polar surface area (TPSA) is 85.4 Å². The zero-order valence-electron chi connectivity index (χ0n) is 15.4. The third kappa shape index (κ3) is 4.69. The second-order valence-electron chi connectivity index (χ2n) is 5.77. The fraction of sp³-hybridized carbons (Fsp3) is 0.150. The molecule has 0 aliphatic rings. The van der Waals surface area contributed by atoms with E-state index in [0.29, 0.717) is 34.6 Å². The second-order valence-corrected chi connectivity index (χ2v) is 6.18. The monoisotopic (exact) mass is 398 g/mol. The predicted octanol–water partition coefficient (Wildman–Crippen LogP) is 3.82. The van der Waals surface area contributed by atoms with Crippen LogP contribution in [-0.4, -0.2) is 30.3 Å². The second kappa shape index (κ2) is 9.05. The molecular formula is C20H19ClN4O3. The van der Waals surface area contributed by atoms with E-state index in [1.807, 2.05) is 24.3 Å². The lowest BCUT2D eigenvalue weighted by molar-refractivity contribution is 0.0945. The van der Waals surface area contributed by atoms with Crippen molar-refractivity contribution in [2.45, 2.75) is 6.54 Å². The van der Waals surface area contributed by atoms with Gasteiger partial charge in [-0.15, -0.1) is 10.2 Å². The lowest BCUT2D eigenvalue weighted by Crippen LogP contribution is -2.24. The van der Waals surface area contributed by atoms with E-state index in [1.165, 1.54) is 0 Å². The van der Waals surface area contributed by atoms with Crippen molar-refractivity contribution < 1.29 is 14.3 Å². The quantitative estimate of drug-likeness (QED) is 0.629. The van der Waals surface area contributed by atoms with Crippen LogP contribution in [-0.2, 0) is 6.54 Å². The van der Waals surface area contributed by atoms with Gasteiger partial charge < -0.3 is 20.1 Å². The van der Waals surface area contributed by atoms with Gasteiger partial charge in [0.1, 0.15) is 11.5 Å². The Hall–Kier alpha value is -3.32. The van der Waals surface area contributed by atoms with Gasteiger partial charge >= 0.3 is 0 Å². The lowest BCUT2D eigenvalue weighted by atomic mass is 10.2. The molecule has 0 spiro atoms. The summed E-state index contributed by atoms with van der Waals surface area (Å²) in [5, 5.41) is 14.5. The van der Waals surface area contributed by atoms with Crippen molar-refractivity contribution in [1.82, 2.24) is 15.5 Å². The Morgan fingerprint density at radius 2 is 1.86 bits per heavy atom. The summed E-state index contributed by atoms with van der Waals surface area (Å²) in [6.45, 7) is 0.309. The first-order chi connectivity index (χ1) is 13.6. The first-order valence-corrected chi connectivity index (χ1v) is 8.83.